The number of pyridine rings is 1. The van der Waals surface area contributed by atoms with Gasteiger partial charge >= 0.3 is 6.18 Å². The summed E-state index contributed by atoms with van der Waals surface area (Å²) in [6, 6.07) is 2.75. The Morgan fingerprint density at radius 3 is 2.65 bits per heavy atom. The Kier molecular flexibility index (Phi) is 2.46. The molecule has 2 rings (SSSR count). The molecule has 8 heteroatoms. The van der Waals surface area contributed by atoms with Gasteiger partial charge in [-0.05, 0) is 19.1 Å². The normalized spacial score (nSPS) is 23.7. The van der Waals surface area contributed by atoms with Crippen LogP contribution >= 0.6 is 11.6 Å². The van der Waals surface area contributed by atoms with Crippen molar-refractivity contribution in [3.63, 3.8) is 0 Å². The Morgan fingerprint density at radius 1 is 1.41 bits per heavy atom. The first-order chi connectivity index (χ1) is 7.74. The summed E-state index contributed by atoms with van der Waals surface area (Å²) in [4.78, 5) is 15.2. The van der Waals surface area contributed by atoms with Crippen molar-refractivity contribution in [1.82, 2.24) is 4.98 Å². The van der Waals surface area contributed by atoms with Gasteiger partial charge in [-0.1, -0.05) is 11.6 Å². The van der Waals surface area contributed by atoms with Crippen molar-refractivity contribution < 1.29 is 18.0 Å². The van der Waals surface area contributed by atoms with Crippen molar-refractivity contribution in [3.05, 3.63) is 17.3 Å². The fourth-order valence-corrected chi connectivity index (χ4v) is 1.52. The number of rotatable bonds is 0. The molecule has 2 heterocycles. The fraction of sp³-hybridized carbons (Fsp3) is 0.333. The van der Waals surface area contributed by atoms with Crippen molar-refractivity contribution in [1.29, 1.82) is 0 Å². The number of fused-ring (bicyclic) bond motifs is 1. The van der Waals surface area contributed by atoms with Crippen LogP contribution in [0.15, 0.2) is 12.1 Å². The number of hydrogen-bond acceptors (Lipinski definition) is 3. The van der Waals surface area contributed by atoms with Crippen molar-refractivity contribution in [3.8, 4) is 0 Å². The quantitative estimate of drug-likeness (QED) is 0.709. The zero-order valence-corrected chi connectivity index (χ0v) is 9.28. The van der Waals surface area contributed by atoms with Crippen LogP contribution in [-0.2, 0) is 4.79 Å². The molecule has 1 atom stereocenters. The molecule has 0 aliphatic carbocycles. The zero-order chi connectivity index (χ0) is 12.8. The van der Waals surface area contributed by atoms with Crippen LogP contribution in [-0.4, -0.2) is 22.6 Å². The average Bonchev–Trinajstić information content (AvgIpc) is 2.18. The minimum absolute atomic E-state index is 0.0388. The first-order valence-corrected chi connectivity index (χ1v) is 4.95. The fourth-order valence-electron chi connectivity index (χ4n) is 1.37. The lowest BCUT2D eigenvalue weighted by Gasteiger charge is -2.36. The molecule has 0 saturated carbocycles. The van der Waals surface area contributed by atoms with Crippen molar-refractivity contribution in [2.45, 2.75) is 18.6 Å². The summed E-state index contributed by atoms with van der Waals surface area (Å²) in [6.45, 7) is 0.744. The minimum Gasteiger partial charge on any atom is -0.347 e. The highest BCUT2D eigenvalue weighted by Crippen LogP contribution is 2.39. The monoisotopic (exact) mass is 265 g/mol. The average molecular weight is 266 g/mol. The van der Waals surface area contributed by atoms with Gasteiger partial charge in [0.05, 0.1) is 5.69 Å². The summed E-state index contributed by atoms with van der Waals surface area (Å²) in [7, 11) is 0. The third-order valence-electron chi connectivity index (χ3n) is 2.50. The molecule has 17 heavy (non-hydrogen) atoms. The Labute approximate surface area is 99.2 Å². The first-order valence-electron chi connectivity index (χ1n) is 4.57. The van der Waals surface area contributed by atoms with E-state index in [1.165, 1.54) is 12.1 Å². The molecule has 1 unspecified atom stereocenters. The number of halogens is 4. The maximum absolute atomic E-state index is 12.8. The number of aromatic nitrogens is 1. The molecule has 0 saturated heterocycles. The number of anilines is 2. The molecule has 1 aromatic heterocycles. The number of carbonyl (C=O) groups excluding carboxylic acids is 1. The Morgan fingerprint density at radius 2 is 2.06 bits per heavy atom. The molecule has 1 aliphatic heterocycles. The van der Waals surface area contributed by atoms with Crippen LogP contribution in [0.25, 0.3) is 0 Å². The maximum atomic E-state index is 12.8. The molecule has 0 aromatic carbocycles. The van der Waals surface area contributed by atoms with Gasteiger partial charge in [0.2, 0.25) is 5.54 Å². The largest absolute Gasteiger partial charge is 0.420 e. The molecule has 0 bridgehead atoms. The predicted octanol–water partition coefficient (Wildman–Crippen LogP) is 2.42. The second kappa shape index (κ2) is 3.49. The Hall–Kier alpha value is -1.50. The van der Waals surface area contributed by atoms with E-state index in [0.29, 0.717) is 0 Å². The van der Waals surface area contributed by atoms with Crippen molar-refractivity contribution in [2.24, 2.45) is 0 Å². The van der Waals surface area contributed by atoms with E-state index in [2.05, 4.69) is 15.6 Å². The smallest absolute Gasteiger partial charge is 0.347 e. The number of nitrogens with one attached hydrogen (secondary N) is 2. The van der Waals surface area contributed by atoms with Gasteiger partial charge in [-0.2, -0.15) is 13.2 Å². The lowest BCUT2D eigenvalue weighted by Crippen LogP contribution is -2.60. The van der Waals surface area contributed by atoms with Crippen LogP contribution < -0.4 is 10.6 Å². The van der Waals surface area contributed by atoms with Crippen LogP contribution in [0.5, 0.6) is 0 Å². The maximum Gasteiger partial charge on any atom is 0.420 e. The van der Waals surface area contributed by atoms with Gasteiger partial charge in [0.25, 0.3) is 5.91 Å². The predicted molar refractivity (Wildman–Crippen MR) is 56.0 cm³/mol. The lowest BCUT2D eigenvalue weighted by molar-refractivity contribution is -0.179. The molecule has 92 valence electrons. The highest BCUT2D eigenvalue weighted by molar-refractivity contribution is 6.29. The summed E-state index contributed by atoms with van der Waals surface area (Å²) in [6.07, 6.45) is -4.74. The SMILES string of the molecule is CC1(C(F)(F)F)Nc2nc(Cl)ccc2NC1=O. The molecule has 1 amide bonds. The van der Waals surface area contributed by atoms with Gasteiger partial charge in [0, 0.05) is 0 Å². The van der Waals surface area contributed by atoms with Crippen LogP contribution in [0.2, 0.25) is 5.15 Å². The molecular formula is C9H7ClF3N3O. The molecule has 1 aliphatic rings. The van der Waals surface area contributed by atoms with Gasteiger partial charge in [-0.25, -0.2) is 4.98 Å². The van der Waals surface area contributed by atoms with Gasteiger partial charge in [0.1, 0.15) is 5.15 Å². The second-order valence-corrected chi connectivity index (χ2v) is 4.12. The number of carbonyl (C=O) groups is 1. The van der Waals surface area contributed by atoms with Crippen molar-refractivity contribution in [2.75, 3.05) is 10.6 Å². The van der Waals surface area contributed by atoms with Gasteiger partial charge < -0.3 is 10.6 Å². The highest BCUT2D eigenvalue weighted by atomic mass is 35.5. The van der Waals surface area contributed by atoms with Gasteiger partial charge in [-0.15, -0.1) is 0 Å². The molecule has 4 nitrogen and oxygen atoms in total. The van der Waals surface area contributed by atoms with E-state index < -0.39 is 17.6 Å². The van der Waals surface area contributed by atoms with Crippen LogP contribution in [0.3, 0.4) is 0 Å². The summed E-state index contributed by atoms with van der Waals surface area (Å²) in [5.41, 5.74) is -2.54. The molecule has 1 aromatic rings. The van der Waals surface area contributed by atoms with E-state index in [1.54, 1.807) is 0 Å². The van der Waals surface area contributed by atoms with E-state index in [-0.39, 0.29) is 16.7 Å². The molecular weight excluding hydrogens is 259 g/mol. The van der Waals surface area contributed by atoms with Crippen LogP contribution in [0.1, 0.15) is 6.92 Å². The van der Waals surface area contributed by atoms with Crippen LogP contribution in [0.4, 0.5) is 24.7 Å². The number of hydrogen-bond donors (Lipinski definition) is 2. The second-order valence-electron chi connectivity index (χ2n) is 3.73. The van der Waals surface area contributed by atoms with Gasteiger partial charge in [-0.3, -0.25) is 4.79 Å². The molecule has 0 fully saturated rings. The van der Waals surface area contributed by atoms with Crippen molar-refractivity contribution >= 4 is 29.0 Å². The van der Waals surface area contributed by atoms with Crippen LogP contribution in [0, 0.1) is 0 Å². The number of amides is 1. The highest BCUT2D eigenvalue weighted by Gasteiger charge is 2.59. The third-order valence-corrected chi connectivity index (χ3v) is 2.71. The topological polar surface area (TPSA) is 54.0 Å². The Bertz CT molecular complexity index is 491. The summed E-state index contributed by atoms with van der Waals surface area (Å²) >= 11 is 5.58. The number of alkyl halides is 3. The third kappa shape index (κ3) is 1.80. The van der Waals surface area contributed by atoms with Gasteiger partial charge in [0.15, 0.2) is 5.82 Å². The molecule has 0 spiro atoms. The lowest BCUT2D eigenvalue weighted by atomic mass is 9.98. The molecule has 2 N–H and O–H groups in total. The first kappa shape index (κ1) is 12.0. The van der Waals surface area contributed by atoms with E-state index in [1.807, 2.05) is 0 Å². The number of nitrogens with zero attached hydrogens (tertiary/aromatic N) is 1. The zero-order valence-electron chi connectivity index (χ0n) is 8.52. The summed E-state index contributed by atoms with van der Waals surface area (Å²) in [5.74, 6) is -1.28. The summed E-state index contributed by atoms with van der Waals surface area (Å²) in [5, 5.41) is 4.25. The van der Waals surface area contributed by atoms with E-state index in [9.17, 15) is 18.0 Å². The Balaban J connectivity index is 2.48. The van der Waals surface area contributed by atoms with E-state index >= 15 is 0 Å². The molecule has 0 radical (unpaired) electrons. The standard InChI is InChI=1S/C9H7ClF3N3O/c1-8(9(11,12)13)7(17)14-4-2-3-5(10)15-6(4)16-8/h2-3H,1H3,(H,14,17)(H,15,16). The van der Waals surface area contributed by atoms with E-state index in [4.69, 9.17) is 11.6 Å². The van der Waals surface area contributed by atoms with E-state index in [0.717, 1.165) is 6.92 Å². The summed E-state index contributed by atoms with van der Waals surface area (Å²) < 4.78 is 38.4. The minimum atomic E-state index is -4.74.